The van der Waals surface area contributed by atoms with Crippen molar-refractivity contribution in [3.63, 3.8) is 0 Å². The molecule has 1 atom stereocenters. The second-order valence-electron chi connectivity index (χ2n) is 5.21. The number of nitrogens with zero attached hydrogens (tertiary/aromatic N) is 5. The first-order valence-corrected chi connectivity index (χ1v) is 6.90. The van der Waals surface area contributed by atoms with Crippen LogP contribution >= 0.6 is 0 Å². The molecule has 0 aromatic carbocycles. The lowest BCUT2D eigenvalue weighted by Gasteiger charge is -2.24. The zero-order valence-corrected chi connectivity index (χ0v) is 11.6. The van der Waals surface area contributed by atoms with Gasteiger partial charge >= 0.3 is 0 Å². The highest BCUT2D eigenvalue weighted by atomic mass is 15.3. The van der Waals surface area contributed by atoms with Crippen LogP contribution < -0.4 is 4.90 Å². The molecule has 2 aromatic heterocycles. The van der Waals surface area contributed by atoms with Crippen molar-refractivity contribution in [3.8, 4) is 6.07 Å². The van der Waals surface area contributed by atoms with E-state index < -0.39 is 0 Å². The molecule has 6 heteroatoms. The number of H-pyrrole nitrogens is 1. The second-order valence-corrected chi connectivity index (χ2v) is 5.21. The van der Waals surface area contributed by atoms with Crippen LogP contribution in [0, 0.1) is 11.3 Å². The molecule has 0 radical (unpaired) electrons. The van der Waals surface area contributed by atoms with Crippen molar-refractivity contribution in [2.24, 2.45) is 0 Å². The molecule has 1 aliphatic rings. The van der Waals surface area contributed by atoms with Crippen LogP contribution in [-0.2, 0) is 0 Å². The largest absolute Gasteiger partial charge is 0.354 e. The Kier molecular flexibility index (Phi) is 3.52. The molecular weight excluding hydrogens is 252 g/mol. The number of nitriles is 1. The van der Waals surface area contributed by atoms with Crippen LogP contribution in [0.3, 0.4) is 0 Å². The normalized spacial score (nSPS) is 18.9. The van der Waals surface area contributed by atoms with E-state index in [1.807, 2.05) is 12.3 Å². The van der Waals surface area contributed by atoms with E-state index in [2.05, 4.69) is 37.9 Å². The van der Waals surface area contributed by atoms with Crippen molar-refractivity contribution in [1.82, 2.24) is 19.9 Å². The molecule has 6 nitrogen and oxygen atoms in total. The van der Waals surface area contributed by atoms with Gasteiger partial charge in [-0.15, -0.1) is 0 Å². The number of fused-ring (bicyclic) bond motifs is 1. The number of aromatic nitrogens is 3. The molecule has 104 valence electrons. The first-order valence-electron chi connectivity index (χ1n) is 6.90. The molecule has 3 rings (SSSR count). The standard InChI is InChI=1S/C14H18N6/c1-19(7-2-5-15)11-4-8-20(9-11)14-12-3-6-16-13(12)17-10-18-14/h3,6,10-11H,2,4,7-9H2,1H3,(H,16,17,18). The summed E-state index contributed by atoms with van der Waals surface area (Å²) in [5, 5.41) is 9.75. The number of anilines is 1. The highest BCUT2D eigenvalue weighted by molar-refractivity contribution is 5.87. The average molecular weight is 270 g/mol. The SMILES string of the molecule is CN(CCC#N)C1CCN(c2ncnc3[nH]ccc23)C1. The Morgan fingerprint density at radius 1 is 1.55 bits per heavy atom. The fourth-order valence-electron chi connectivity index (χ4n) is 2.81. The Hall–Kier alpha value is -2.13. The van der Waals surface area contributed by atoms with Crippen molar-refractivity contribution < 1.29 is 0 Å². The van der Waals surface area contributed by atoms with Crippen LogP contribution in [0.15, 0.2) is 18.6 Å². The van der Waals surface area contributed by atoms with E-state index in [4.69, 9.17) is 5.26 Å². The summed E-state index contributed by atoms with van der Waals surface area (Å²) in [5.41, 5.74) is 0.885. The van der Waals surface area contributed by atoms with Gasteiger partial charge in [0, 0.05) is 38.3 Å². The lowest BCUT2D eigenvalue weighted by Crippen LogP contribution is -2.35. The van der Waals surface area contributed by atoms with Gasteiger partial charge in [-0.1, -0.05) is 0 Å². The monoisotopic (exact) mass is 270 g/mol. The molecule has 1 unspecified atom stereocenters. The van der Waals surface area contributed by atoms with E-state index in [0.717, 1.165) is 42.9 Å². The quantitative estimate of drug-likeness (QED) is 0.908. The van der Waals surface area contributed by atoms with E-state index in [9.17, 15) is 0 Å². The first kappa shape index (κ1) is 12.9. The van der Waals surface area contributed by atoms with Crippen LogP contribution in [0.2, 0.25) is 0 Å². The molecule has 2 aromatic rings. The van der Waals surface area contributed by atoms with Crippen molar-refractivity contribution in [1.29, 1.82) is 5.26 Å². The smallest absolute Gasteiger partial charge is 0.142 e. The number of rotatable bonds is 4. The fraction of sp³-hybridized carbons (Fsp3) is 0.500. The summed E-state index contributed by atoms with van der Waals surface area (Å²) < 4.78 is 0. The maximum Gasteiger partial charge on any atom is 0.142 e. The van der Waals surface area contributed by atoms with Crippen molar-refractivity contribution in [2.45, 2.75) is 18.9 Å². The van der Waals surface area contributed by atoms with Crippen molar-refractivity contribution >= 4 is 16.9 Å². The Balaban J connectivity index is 1.74. The van der Waals surface area contributed by atoms with Crippen LogP contribution in [0.4, 0.5) is 5.82 Å². The van der Waals surface area contributed by atoms with Gasteiger partial charge in [0.15, 0.2) is 0 Å². The summed E-state index contributed by atoms with van der Waals surface area (Å²) in [6, 6.07) is 4.72. The minimum Gasteiger partial charge on any atom is -0.354 e. The van der Waals surface area contributed by atoms with E-state index in [1.165, 1.54) is 0 Å². The van der Waals surface area contributed by atoms with Gasteiger partial charge in [-0.05, 0) is 19.5 Å². The Bertz CT molecular complexity index is 628. The fourth-order valence-corrected chi connectivity index (χ4v) is 2.81. The van der Waals surface area contributed by atoms with Gasteiger partial charge in [-0.2, -0.15) is 5.26 Å². The lowest BCUT2D eigenvalue weighted by molar-refractivity contribution is 0.264. The van der Waals surface area contributed by atoms with Gasteiger partial charge in [0.1, 0.15) is 17.8 Å². The maximum absolute atomic E-state index is 8.68. The van der Waals surface area contributed by atoms with Gasteiger partial charge in [-0.3, -0.25) is 0 Å². The average Bonchev–Trinajstić information content (AvgIpc) is 3.12. The molecule has 1 N–H and O–H groups in total. The minimum absolute atomic E-state index is 0.493. The number of hydrogen-bond acceptors (Lipinski definition) is 5. The van der Waals surface area contributed by atoms with Crippen LogP contribution in [0.25, 0.3) is 11.0 Å². The number of nitrogens with one attached hydrogen (secondary N) is 1. The molecule has 1 fully saturated rings. The number of aromatic amines is 1. The molecule has 1 aliphatic heterocycles. The third kappa shape index (κ3) is 2.32. The lowest BCUT2D eigenvalue weighted by atomic mass is 10.2. The zero-order chi connectivity index (χ0) is 13.9. The molecule has 0 bridgehead atoms. The summed E-state index contributed by atoms with van der Waals surface area (Å²) in [4.78, 5) is 16.4. The van der Waals surface area contributed by atoms with E-state index in [1.54, 1.807) is 6.33 Å². The topological polar surface area (TPSA) is 71.8 Å². The predicted molar refractivity (Wildman–Crippen MR) is 77.4 cm³/mol. The molecule has 0 saturated carbocycles. The molecule has 20 heavy (non-hydrogen) atoms. The molecule has 1 saturated heterocycles. The summed E-state index contributed by atoms with van der Waals surface area (Å²) in [6.45, 7) is 2.79. The molecule has 0 spiro atoms. The third-order valence-corrected chi connectivity index (χ3v) is 4.00. The maximum atomic E-state index is 8.68. The van der Waals surface area contributed by atoms with E-state index >= 15 is 0 Å². The Labute approximate surface area is 118 Å². The van der Waals surface area contributed by atoms with E-state index in [-0.39, 0.29) is 0 Å². The summed E-state index contributed by atoms with van der Waals surface area (Å²) >= 11 is 0. The van der Waals surface area contributed by atoms with Crippen LogP contribution in [-0.4, -0.2) is 52.6 Å². The summed E-state index contributed by atoms with van der Waals surface area (Å²) in [6.07, 6.45) is 5.21. The second kappa shape index (κ2) is 5.47. The Morgan fingerprint density at radius 3 is 3.30 bits per heavy atom. The number of hydrogen-bond donors (Lipinski definition) is 1. The molecule has 3 heterocycles. The highest BCUT2D eigenvalue weighted by Crippen LogP contribution is 2.26. The van der Waals surface area contributed by atoms with Gasteiger partial charge < -0.3 is 14.8 Å². The molecule has 0 aliphatic carbocycles. The predicted octanol–water partition coefficient (Wildman–Crippen LogP) is 1.38. The first-order chi connectivity index (χ1) is 9.79. The van der Waals surface area contributed by atoms with Crippen molar-refractivity contribution in [2.75, 3.05) is 31.6 Å². The van der Waals surface area contributed by atoms with Crippen molar-refractivity contribution in [3.05, 3.63) is 18.6 Å². The van der Waals surface area contributed by atoms with Crippen LogP contribution in [0.5, 0.6) is 0 Å². The Morgan fingerprint density at radius 2 is 2.45 bits per heavy atom. The molecule has 0 amide bonds. The number of likely N-dealkylation sites (N-methyl/N-ethyl adjacent to an activating group) is 1. The zero-order valence-electron chi connectivity index (χ0n) is 11.6. The highest BCUT2D eigenvalue weighted by Gasteiger charge is 2.27. The minimum atomic E-state index is 0.493. The van der Waals surface area contributed by atoms with E-state index in [0.29, 0.717) is 12.5 Å². The van der Waals surface area contributed by atoms with Gasteiger partial charge in [-0.25, -0.2) is 9.97 Å². The van der Waals surface area contributed by atoms with Gasteiger partial charge in [0.2, 0.25) is 0 Å². The van der Waals surface area contributed by atoms with Crippen LogP contribution in [0.1, 0.15) is 12.8 Å². The van der Waals surface area contributed by atoms with Gasteiger partial charge in [0.25, 0.3) is 0 Å². The summed E-state index contributed by atoms with van der Waals surface area (Å²) in [7, 11) is 2.09. The molecular formula is C14H18N6. The third-order valence-electron chi connectivity index (χ3n) is 4.00. The van der Waals surface area contributed by atoms with Gasteiger partial charge in [0.05, 0.1) is 11.5 Å². The summed E-state index contributed by atoms with van der Waals surface area (Å²) in [5.74, 6) is 1.01.